The lowest BCUT2D eigenvalue weighted by Crippen LogP contribution is -2.36. The minimum atomic E-state index is -0.948. The van der Waals surface area contributed by atoms with Crippen LogP contribution in [0.4, 0.5) is 0 Å². The molecule has 0 aliphatic heterocycles. The number of hydrogen-bond acceptors (Lipinski definition) is 4. The Kier molecular flexibility index (Phi) is 6.63. The maximum absolute atomic E-state index is 11.9. The number of carbonyl (C=O) groups is 2. The zero-order valence-electron chi connectivity index (χ0n) is 12.7. The van der Waals surface area contributed by atoms with E-state index in [1.807, 2.05) is 60.7 Å². The molecule has 0 aromatic heterocycles. The van der Waals surface area contributed by atoms with Gasteiger partial charge in [-0.25, -0.2) is 4.79 Å². The summed E-state index contributed by atoms with van der Waals surface area (Å²) in [5.74, 6) is -0.877. The van der Waals surface area contributed by atoms with Crippen LogP contribution in [0.5, 0.6) is 0 Å². The van der Waals surface area contributed by atoms with Crippen molar-refractivity contribution in [3.05, 3.63) is 60.7 Å². The van der Waals surface area contributed by atoms with Crippen LogP contribution in [0.15, 0.2) is 60.7 Å². The fourth-order valence-corrected chi connectivity index (χ4v) is 4.15. The third-order valence-electron chi connectivity index (χ3n) is 3.03. The van der Waals surface area contributed by atoms with Crippen LogP contribution in [0.1, 0.15) is 6.92 Å². The van der Waals surface area contributed by atoms with E-state index in [0.29, 0.717) is 0 Å². The molecule has 2 aromatic carbocycles. The number of carbonyl (C=O) groups excluding carboxylic acids is 2. The summed E-state index contributed by atoms with van der Waals surface area (Å²) in [6.07, 6.45) is 0.249. The van der Waals surface area contributed by atoms with Crippen molar-refractivity contribution < 1.29 is 14.3 Å². The molecule has 0 heterocycles. The molecule has 0 aliphatic carbocycles. The van der Waals surface area contributed by atoms with E-state index in [1.165, 1.54) is 6.92 Å². The molecule has 0 radical (unpaired) electrons. The van der Waals surface area contributed by atoms with E-state index in [2.05, 4.69) is 17.9 Å². The highest BCUT2D eigenvalue weighted by atomic mass is 32.1. The number of thiol groups is 1. The second-order valence-corrected chi connectivity index (χ2v) is 7.46. The monoisotopic (exact) mass is 347 g/mol. The number of nitrogens with one attached hydrogen (secondary N) is 1. The lowest BCUT2D eigenvalue weighted by Gasteiger charge is -2.19. The molecule has 1 amide bonds. The Labute approximate surface area is 142 Å². The van der Waals surface area contributed by atoms with Crippen LogP contribution in [-0.2, 0) is 14.3 Å². The highest BCUT2D eigenvalue weighted by Crippen LogP contribution is 2.33. The van der Waals surface area contributed by atoms with E-state index in [1.54, 1.807) is 0 Å². The summed E-state index contributed by atoms with van der Waals surface area (Å²) in [4.78, 5) is 22.9. The molecule has 4 nitrogen and oxygen atoms in total. The fourth-order valence-electron chi connectivity index (χ4n) is 1.97. The summed E-state index contributed by atoms with van der Waals surface area (Å²) in [6.45, 7) is 1.33. The lowest BCUT2D eigenvalue weighted by molar-refractivity contribution is -0.142. The van der Waals surface area contributed by atoms with Crippen LogP contribution < -0.4 is 15.9 Å². The molecule has 1 atom stereocenters. The Bertz CT molecular complexity index is 612. The maximum atomic E-state index is 11.9. The van der Waals surface area contributed by atoms with Gasteiger partial charge in [0.15, 0.2) is 5.37 Å². The van der Waals surface area contributed by atoms with Crippen LogP contribution >= 0.6 is 20.6 Å². The number of amides is 1. The van der Waals surface area contributed by atoms with E-state index in [9.17, 15) is 9.59 Å². The van der Waals surface area contributed by atoms with Crippen LogP contribution in [-0.4, -0.2) is 23.6 Å². The van der Waals surface area contributed by atoms with Gasteiger partial charge in [0.25, 0.3) is 0 Å². The zero-order valence-corrected chi connectivity index (χ0v) is 14.5. The number of hydrogen-bond donors (Lipinski definition) is 2. The summed E-state index contributed by atoms with van der Waals surface area (Å²) < 4.78 is 5.37. The quantitative estimate of drug-likeness (QED) is 0.364. The predicted molar refractivity (Wildman–Crippen MR) is 96.6 cm³/mol. The molecule has 0 bridgehead atoms. The minimum Gasteiger partial charge on any atom is -0.458 e. The van der Waals surface area contributed by atoms with Crippen molar-refractivity contribution in [1.29, 1.82) is 0 Å². The standard InChI is InChI=1S/C17H18NO3PS/c1-13(19)18-16(23)17(20)21-12-22(14-8-4-2-5-9-14)15-10-6-3-7-11-15/h2-11,16,23H,12H2,1H3,(H,18,19). The van der Waals surface area contributed by atoms with Crippen molar-refractivity contribution >= 4 is 43.0 Å². The van der Waals surface area contributed by atoms with Gasteiger partial charge in [0, 0.05) is 6.92 Å². The Morgan fingerprint density at radius 2 is 1.52 bits per heavy atom. The van der Waals surface area contributed by atoms with E-state index < -0.39 is 19.3 Å². The molecular weight excluding hydrogens is 329 g/mol. The van der Waals surface area contributed by atoms with Gasteiger partial charge in [-0.05, 0) is 18.5 Å². The molecule has 120 valence electrons. The van der Waals surface area contributed by atoms with Crippen molar-refractivity contribution in [2.24, 2.45) is 0 Å². The number of rotatable bonds is 6. The SMILES string of the molecule is CC(=O)NC(S)C(=O)OCP(c1ccccc1)c1ccccc1. The average Bonchev–Trinajstić information content (AvgIpc) is 2.56. The molecule has 0 fully saturated rings. The molecule has 1 N–H and O–H groups in total. The van der Waals surface area contributed by atoms with Gasteiger partial charge in [0.1, 0.15) is 6.35 Å². The molecule has 23 heavy (non-hydrogen) atoms. The summed E-state index contributed by atoms with van der Waals surface area (Å²) in [6, 6.07) is 19.9. The van der Waals surface area contributed by atoms with Crippen LogP contribution in [0.3, 0.4) is 0 Å². The Morgan fingerprint density at radius 1 is 1.04 bits per heavy atom. The molecule has 0 aliphatic rings. The van der Waals surface area contributed by atoms with E-state index in [-0.39, 0.29) is 12.3 Å². The molecule has 2 aromatic rings. The van der Waals surface area contributed by atoms with Gasteiger partial charge in [-0.3, -0.25) is 4.79 Å². The van der Waals surface area contributed by atoms with E-state index in [4.69, 9.17) is 4.74 Å². The minimum absolute atomic E-state index is 0.249. The Hall–Kier alpha value is -1.84. The summed E-state index contributed by atoms with van der Waals surface area (Å²) >= 11 is 4.04. The van der Waals surface area contributed by atoms with Crippen molar-refractivity contribution in [2.75, 3.05) is 6.35 Å². The first-order valence-corrected chi connectivity index (χ1v) is 9.11. The first-order chi connectivity index (χ1) is 11.1. The predicted octanol–water partition coefficient (Wildman–Crippen LogP) is 2.01. The fraction of sp³-hybridized carbons (Fsp3) is 0.176. The second kappa shape index (κ2) is 8.70. The van der Waals surface area contributed by atoms with E-state index in [0.717, 1.165) is 10.6 Å². The third kappa shape index (κ3) is 5.38. The van der Waals surface area contributed by atoms with Crippen LogP contribution in [0.2, 0.25) is 0 Å². The van der Waals surface area contributed by atoms with Crippen molar-refractivity contribution in [3.8, 4) is 0 Å². The average molecular weight is 347 g/mol. The highest BCUT2D eigenvalue weighted by Gasteiger charge is 2.20. The van der Waals surface area contributed by atoms with Gasteiger partial charge in [-0.15, -0.1) is 12.6 Å². The van der Waals surface area contributed by atoms with Crippen molar-refractivity contribution in [1.82, 2.24) is 5.32 Å². The Balaban J connectivity index is 2.10. The highest BCUT2D eigenvalue weighted by molar-refractivity contribution is 7.81. The summed E-state index contributed by atoms with van der Waals surface area (Å²) in [7, 11) is -0.818. The molecule has 1 unspecified atom stereocenters. The van der Waals surface area contributed by atoms with Crippen molar-refractivity contribution in [2.45, 2.75) is 12.3 Å². The molecule has 6 heteroatoms. The van der Waals surface area contributed by atoms with E-state index >= 15 is 0 Å². The molecular formula is C17H18NO3PS. The normalized spacial score (nSPS) is 11.8. The van der Waals surface area contributed by atoms with Crippen molar-refractivity contribution in [3.63, 3.8) is 0 Å². The largest absolute Gasteiger partial charge is 0.458 e. The summed E-state index contributed by atoms with van der Waals surface area (Å²) in [5.41, 5.74) is 0. The summed E-state index contributed by atoms with van der Waals surface area (Å²) in [5, 5.41) is 3.70. The molecule has 0 saturated carbocycles. The first-order valence-electron chi connectivity index (χ1n) is 7.07. The van der Waals surface area contributed by atoms with Crippen LogP contribution in [0.25, 0.3) is 0 Å². The molecule has 2 rings (SSSR count). The smallest absolute Gasteiger partial charge is 0.339 e. The number of benzene rings is 2. The van der Waals surface area contributed by atoms with Gasteiger partial charge < -0.3 is 10.1 Å². The third-order valence-corrected chi connectivity index (χ3v) is 5.61. The number of esters is 1. The number of ether oxygens (including phenoxy) is 1. The lowest BCUT2D eigenvalue weighted by atomic mass is 10.4. The maximum Gasteiger partial charge on any atom is 0.339 e. The van der Waals surface area contributed by atoms with Gasteiger partial charge >= 0.3 is 5.97 Å². The first kappa shape index (κ1) is 17.5. The zero-order chi connectivity index (χ0) is 16.7. The molecule has 0 saturated heterocycles. The van der Waals surface area contributed by atoms with Gasteiger partial charge in [0.2, 0.25) is 5.91 Å². The topological polar surface area (TPSA) is 55.4 Å². The van der Waals surface area contributed by atoms with Gasteiger partial charge in [-0.2, -0.15) is 0 Å². The van der Waals surface area contributed by atoms with Gasteiger partial charge in [0.05, 0.1) is 0 Å². The Morgan fingerprint density at radius 3 is 1.96 bits per heavy atom. The van der Waals surface area contributed by atoms with Gasteiger partial charge in [-0.1, -0.05) is 60.7 Å². The van der Waals surface area contributed by atoms with Crippen LogP contribution in [0, 0.1) is 0 Å². The molecule has 0 spiro atoms. The second-order valence-electron chi connectivity index (χ2n) is 4.79.